The molecule has 3 nitrogen and oxygen atoms in total. The van der Waals surface area contributed by atoms with E-state index in [4.69, 9.17) is 4.74 Å². The molecule has 0 amide bonds. The highest BCUT2D eigenvalue weighted by Crippen LogP contribution is 2.63. The lowest BCUT2D eigenvalue weighted by Crippen LogP contribution is -2.47. The van der Waals surface area contributed by atoms with E-state index in [0.29, 0.717) is 24.2 Å². The summed E-state index contributed by atoms with van der Waals surface area (Å²) < 4.78 is 5.40. The Balaban J connectivity index is 1.67. The zero-order valence-corrected chi connectivity index (χ0v) is 15.8. The van der Waals surface area contributed by atoms with Crippen molar-refractivity contribution in [1.82, 2.24) is 0 Å². The first-order valence-corrected chi connectivity index (χ1v) is 10.00. The van der Waals surface area contributed by atoms with E-state index < -0.39 is 11.7 Å². The van der Waals surface area contributed by atoms with Gasteiger partial charge in [0.1, 0.15) is 5.75 Å². The van der Waals surface area contributed by atoms with Gasteiger partial charge in [0.25, 0.3) is 0 Å². The summed E-state index contributed by atoms with van der Waals surface area (Å²) >= 11 is 0. The Morgan fingerprint density at radius 3 is 2.80 bits per heavy atom. The largest absolute Gasteiger partial charge is 0.497 e. The van der Waals surface area contributed by atoms with Crippen LogP contribution in [-0.4, -0.2) is 29.0 Å². The van der Waals surface area contributed by atoms with Crippen LogP contribution in [0.25, 0.3) is 0 Å². The van der Waals surface area contributed by atoms with Crippen LogP contribution in [0.2, 0.25) is 0 Å². The quantitative estimate of drug-likeness (QED) is 0.869. The lowest BCUT2D eigenvalue weighted by Gasteiger charge is -2.50. The predicted molar refractivity (Wildman–Crippen MR) is 98.9 cm³/mol. The number of rotatable bonds is 3. The minimum atomic E-state index is -0.886. The molecule has 0 aliphatic heterocycles. The Kier molecular flexibility index (Phi) is 4.16. The molecule has 0 radical (unpaired) electrons. The van der Waals surface area contributed by atoms with Crippen molar-refractivity contribution < 1.29 is 14.9 Å². The third kappa shape index (κ3) is 2.46. The van der Waals surface area contributed by atoms with Gasteiger partial charge in [0.05, 0.1) is 18.8 Å². The molecule has 3 aliphatic rings. The number of methoxy groups -OCH3 is 1. The van der Waals surface area contributed by atoms with E-state index in [1.165, 1.54) is 17.5 Å². The summed E-state index contributed by atoms with van der Waals surface area (Å²) in [6, 6.07) is 6.56. The Labute approximate surface area is 151 Å². The molecule has 2 fully saturated rings. The van der Waals surface area contributed by atoms with Gasteiger partial charge in [0, 0.05) is 0 Å². The minimum absolute atomic E-state index is 0.130. The van der Waals surface area contributed by atoms with E-state index in [1.54, 1.807) is 7.11 Å². The predicted octanol–water partition coefficient (Wildman–Crippen LogP) is 4.05. The van der Waals surface area contributed by atoms with E-state index >= 15 is 0 Å². The number of benzene rings is 1. The highest BCUT2D eigenvalue weighted by atomic mass is 16.5. The van der Waals surface area contributed by atoms with Crippen molar-refractivity contribution in [1.29, 1.82) is 0 Å². The molecule has 0 saturated heterocycles. The van der Waals surface area contributed by atoms with E-state index in [9.17, 15) is 10.2 Å². The molecule has 0 bridgehead atoms. The number of aliphatic hydroxyl groups excluding tert-OH is 1. The maximum atomic E-state index is 11.1. The SMILES string of the molecule is CCC[C@]1(O)C[C@H]2[C@@H]3CCc4cc(OC)ccc4[C@@H]3CC[C@]2(C)[C@@H]1O. The molecule has 1 aromatic carbocycles. The summed E-state index contributed by atoms with van der Waals surface area (Å²) in [6.45, 7) is 4.33. The first kappa shape index (κ1) is 17.4. The normalized spacial score (nSPS) is 42.4. The zero-order valence-electron chi connectivity index (χ0n) is 15.8. The summed E-state index contributed by atoms with van der Waals surface area (Å²) in [7, 11) is 1.73. The van der Waals surface area contributed by atoms with Crippen molar-refractivity contribution in [2.75, 3.05) is 7.11 Å². The van der Waals surface area contributed by atoms with Crippen LogP contribution in [0, 0.1) is 17.3 Å². The fraction of sp³-hybridized carbons (Fsp3) is 0.727. The molecule has 0 unspecified atom stereocenters. The van der Waals surface area contributed by atoms with Crippen LogP contribution in [0.4, 0.5) is 0 Å². The Morgan fingerprint density at radius 2 is 2.08 bits per heavy atom. The first-order valence-electron chi connectivity index (χ1n) is 10.00. The van der Waals surface area contributed by atoms with Crippen LogP contribution in [0.3, 0.4) is 0 Å². The second kappa shape index (κ2) is 5.99. The van der Waals surface area contributed by atoms with Gasteiger partial charge in [-0.2, -0.15) is 0 Å². The molecule has 3 heteroatoms. The van der Waals surface area contributed by atoms with Crippen molar-refractivity contribution >= 4 is 0 Å². The molecule has 0 spiro atoms. The molecule has 6 atom stereocenters. The molecule has 3 aliphatic carbocycles. The first-order chi connectivity index (χ1) is 11.9. The lowest BCUT2D eigenvalue weighted by atomic mass is 9.55. The van der Waals surface area contributed by atoms with Gasteiger partial charge in [-0.3, -0.25) is 0 Å². The van der Waals surface area contributed by atoms with Gasteiger partial charge in [-0.1, -0.05) is 26.3 Å². The van der Waals surface area contributed by atoms with Crippen molar-refractivity contribution in [3.8, 4) is 5.75 Å². The molecule has 0 heterocycles. The van der Waals surface area contributed by atoms with Crippen LogP contribution >= 0.6 is 0 Å². The highest BCUT2D eigenvalue weighted by molar-refractivity contribution is 5.41. The summed E-state index contributed by atoms with van der Waals surface area (Å²) in [4.78, 5) is 0. The lowest BCUT2D eigenvalue weighted by molar-refractivity contribution is -0.103. The Morgan fingerprint density at radius 1 is 1.28 bits per heavy atom. The standard InChI is InChI=1S/C22H32O3/c1-4-10-22(24)13-19-18-7-5-14-12-15(25-3)6-8-16(14)17(18)9-11-21(19,2)20(22)23/h6,8,12,17-20,23-24H,4-5,7,9-11,13H2,1-3H3/t17-,18+,19-,20-,21-,22-/m0/s1. The summed E-state index contributed by atoms with van der Waals surface area (Å²) in [6.07, 6.45) is 6.21. The van der Waals surface area contributed by atoms with E-state index in [1.807, 2.05) is 0 Å². The number of fused-ring (bicyclic) bond motifs is 5. The van der Waals surface area contributed by atoms with Gasteiger partial charge in [-0.15, -0.1) is 0 Å². The molecule has 4 rings (SSSR count). The Hall–Kier alpha value is -1.06. The third-order valence-electron chi connectivity index (χ3n) is 7.76. The van der Waals surface area contributed by atoms with Crippen LogP contribution in [0.1, 0.15) is 69.4 Å². The van der Waals surface area contributed by atoms with Crippen LogP contribution in [0.15, 0.2) is 18.2 Å². The maximum Gasteiger partial charge on any atom is 0.119 e. The molecule has 2 saturated carbocycles. The van der Waals surface area contributed by atoms with Gasteiger partial charge in [0.15, 0.2) is 0 Å². The van der Waals surface area contributed by atoms with Crippen LogP contribution in [-0.2, 0) is 6.42 Å². The molecule has 1 aromatic rings. The molecule has 0 aromatic heterocycles. The van der Waals surface area contributed by atoms with Crippen LogP contribution < -0.4 is 4.74 Å². The van der Waals surface area contributed by atoms with Crippen molar-refractivity contribution in [3.63, 3.8) is 0 Å². The van der Waals surface area contributed by atoms with Gasteiger partial charge >= 0.3 is 0 Å². The summed E-state index contributed by atoms with van der Waals surface area (Å²) in [5.41, 5.74) is 1.91. The minimum Gasteiger partial charge on any atom is -0.497 e. The number of aryl methyl sites for hydroxylation is 1. The monoisotopic (exact) mass is 344 g/mol. The molecule has 25 heavy (non-hydrogen) atoms. The van der Waals surface area contributed by atoms with Crippen molar-refractivity contribution in [3.05, 3.63) is 29.3 Å². The number of hydrogen-bond acceptors (Lipinski definition) is 3. The van der Waals surface area contributed by atoms with Crippen LogP contribution in [0.5, 0.6) is 5.75 Å². The summed E-state index contributed by atoms with van der Waals surface area (Å²) in [5, 5.41) is 22.2. The molecular weight excluding hydrogens is 312 g/mol. The fourth-order valence-electron chi connectivity index (χ4n) is 6.54. The van der Waals surface area contributed by atoms with Crippen molar-refractivity contribution in [2.45, 2.75) is 76.4 Å². The average Bonchev–Trinajstić information content (AvgIpc) is 2.82. The topological polar surface area (TPSA) is 49.7 Å². The van der Waals surface area contributed by atoms with Gasteiger partial charge < -0.3 is 14.9 Å². The maximum absolute atomic E-state index is 11.1. The third-order valence-corrected chi connectivity index (χ3v) is 7.76. The van der Waals surface area contributed by atoms with Gasteiger partial charge in [-0.05, 0) is 85.0 Å². The number of ether oxygens (including phenoxy) is 1. The number of hydrogen-bond donors (Lipinski definition) is 2. The zero-order chi connectivity index (χ0) is 17.8. The summed E-state index contributed by atoms with van der Waals surface area (Å²) in [5.74, 6) is 2.53. The van der Waals surface area contributed by atoms with Crippen molar-refractivity contribution in [2.24, 2.45) is 17.3 Å². The second-order valence-electron chi connectivity index (χ2n) is 8.98. The molecule has 138 valence electrons. The highest BCUT2D eigenvalue weighted by Gasteiger charge is 2.62. The molecule has 2 N–H and O–H groups in total. The second-order valence-corrected chi connectivity index (χ2v) is 8.98. The van der Waals surface area contributed by atoms with E-state index in [2.05, 4.69) is 32.0 Å². The van der Waals surface area contributed by atoms with Gasteiger partial charge in [0.2, 0.25) is 0 Å². The van der Waals surface area contributed by atoms with E-state index in [0.717, 1.165) is 37.9 Å². The smallest absolute Gasteiger partial charge is 0.119 e. The molecular formula is C22H32O3. The van der Waals surface area contributed by atoms with Gasteiger partial charge in [-0.25, -0.2) is 0 Å². The fourth-order valence-corrected chi connectivity index (χ4v) is 6.54. The average molecular weight is 344 g/mol. The van der Waals surface area contributed by atoms with E-state index in [-0.39, 0.29) is 5.41 Å². The number of aliphatic hydroxyl groups is 2. The Bertz CT molecular complexity index is 657.